The van der Waals surface area contributed by atoms with Crippen molar-refractivity contribution in [2.24, 2.45) is 0 Å². The monoisotopic (exact) mass is 248 g/mol. The van der Waals surface area contributed by atoms with Crippen LogP contribution in [0.15, 0.2) is 16.0 Å². The van der Waals surface area contributed by atoms with Gasteiger partial charge in [-0.2, -0.15) is 0 Å². The average Bonchev–Trinajstić information content (AvgIpc) is 2.91. The molecule has 4 heteroatoms. The van der Waals surface area contributed by atoms with E-state index in [1.54, 1.807) is 0 Å². The molecule has 0 spiro atoms. The number of hydrogen-bond donors (Lipinski definition) is 1. The zero-order chi connectivity index (χ0) is 11.8. The maximum absolute atomic E-state index is 5.52. The van der Waals surface area contributed by atoms with Crippen LogP contribution in [0, 0.1) is 0 Å². The van der Waals surface area contributed by atoms with Crippen molar-refractivity contribution in [3.8, 4) is 11.3 Å². The van der Waals surface area contributed by atoms with Gasteiger partial charge in [-0.25, -0.2) is 0 Å². The summed E-state index contributed by atoms with van der Waals surface area (Å²) < 4.78 is 5.52. The fraction of sp³-hybridized carbons (Fsp3) is 0.462. The predicted octanol–water partition coefficient (Wildman–Crippen LogP) is 3.00. The van der Waals surface area contributed by atoms with Gasteiger partial charge in [-0.3, -0.25) is 0 Å². The molecule has 3 rings (SSSR count). The number of hydrogen-bond acceptors (Lipinski definition) is 4. The van der Waals surface area contributed by atoms with Crippen LogP contribution in [-0.4, -0.2) is 11.2 Å². The van der Waals surface area contributed by atoms with E-state index in [1.807, 2.05) is 11.3 Å². The smallest absolute Gasteiger partial charge is 0.171 e. The Kier molecular flexibility index (Phi) is 2.76. The Morgan fingerprint density at radius 2 is 2.35 bits per heavy atom. The summed E-state index contributed by atoms with van der Waals surface area (Å²) >= 11 is 1.81. The van der Waals surface area contributed by atoms with Crippen molar-refractivity contribution < 1.29 is 4.52 Å². The van der Waals surface area contributed by atoms with E-state index in [0.717, 1.165) is 30.8 Å². The minimum Gasteiger partial charge on any atom is -0.356 e. The SMILES string of the molecule is CC(C)NCc1noc2c1CCc1sccc1-2. The number of aryl methyl sites for hydroxylation is 1. The molecule has 3 nitrogen and oxygen atoms in total. The molecule has 0 saturated heterocycles. The summed E-state index contributed by atoms with van der Waals surface area (Å²) in [4.78, 5) is 1.43. The van der Waals surface area contributed by atoms with Gasteiger partial charge in [0.25, 0.3) is 0 Å². The van der Waals surface area contributed by atoms with Crippen molar-refractivity contribution in [1.29, 1.82) is 0 Å². The zero-order valence-electron chi connectivity index (χ0n) is 10.1. The lowest BCUT2D eigenvalue weighted by Crippen LogP contribution is -2.22. The van der Waals surface area contributed by atoms with Crippen LogP contribution >= 0.6 is 11.3 Å². The number of fused-ring (bicyclic) bond motifs is 3. The molecular weight excluding hydrogens is 232 g/mol. The van der Waals surface area contributed by atoms with Gasteiger partial charge in [0.2, 0.25) is 0 Å². The number of nitrogens with zero attached hydrogens (tertiary/aromatic N) is 1. The van der Waals surface area contributed by atoms with Crippen LogP contribution < -0.4 is 5.32 Å². The number of nitrogens with one attached hydrogen (secondary N) is 1. The summed E-state index contributed by atoms with van der Waals surface area (Å²) in [5, 5.41) is 9.74. The zero-order valence-corrected chi connectivity index (χ0v) is 10.9. The molecule has 0 saturated carbocycles. The molecule has 0 aliphatic heterocycles. The van der Waals surface area contributed by atoms with Gasteiger partial charge in [-0.05, 0) is 24.3 Å². The van der Waals surface area contributed by atoms with Crippen LogP contribution in [0.3, 0.4) is 0 Å². The molecular formula is C13H16N2OS. The quantitative estimate of drug-likeness (QED) is 0.907. The van der Waals surface area contributed by atoms with E-state index in [1.165, 1.54) is 16.0 Å². The molecule has 1 N–H and O–H groups in total. The van der Waals surface area contributed by atoms with Crippen molar-refractivity contribution in [2.75, 3.05) is 0 Å². The largest absolute Gasteiger partial charge is 0.356 e. The maximum atomic E-state index is 5.52. The lowest BCUT2D eigenvalue weighted by Gasteiger charge is -2.11. The topological polar surface area (TPSA) is 38.1 Å². The lowest BCUT2D eigenvalue weighted by molar-refractivity contribution is 0.417. The second-order valence-corrected chi connectivity index (χ2v) is 5.73. The van der Waals surface area contributed by atoms with Gasteiger partial charge in [-0.1, -0.05) is 19.0 Å². The van der Waals surface area contributed by atoms with E-state index in [0.29, 0.717) is 6.04 Å². The van der Waals surface area contributed by atoms with Crippen molar-refractivity contribution in [2.45, 2.75) is 39.3 Å². The first-order valence-electron chi connectivity index (χ1n) is 6.03. The van der Waals surface area contributed by atoms with Crippen LogP contribution in [0.25, 0.3) is 11.3 Å². The van der Waals surface area contributed by atoms with Crippen molar-refractivity contribution in [3.63, 3.8) is 0 Å². The minimum atomic E-state index is 0.475. The van der Waals surface area contributed by atoms with E-state index < -0.39 is 0 Å². The molecule has 2 aromatic rings. The second-order valence-electron chi connectivity index (χ2n) is 4.73. The summed E-state index contributed by atoms with van der Waals surface area (Å²) in [5.74, 6) is 0.994. The lowest BCUT2D eigenvalue weighted by atomic mass is 9.95. The van der Waals surface area contributed by atoms with Crippen LogP contribution in [0.2, 0.25) is 0 Å². The van der Waals surface area contributed by atoms with E-state index in [4.69, 9.17) is 4.52 Å². The van der Waals surface area contributed by atoms with Gasteiger partial charge in [0, 0.05) is 28.6 Å². The first-order valence-corrected chi connectivity index (χ1v) is 6.91. The van der Waals surface area contributed by atoms with E-state index in [9.17, 15) is 0 Å². The molecule has 1 aliphatic rings. The molecule has 2 heterocycles. The molecule has 0 bridgehead atoms. The third kappa shape index (κ3) is 1.91. The van der Waals surface area contributed by atoms with Crippen LogP contribution in [0.1, 0.15) is 30.0 Å². The first kappa shape index (κ1) is 11.0. The molecule has 0 aromatic carbocycles. The van der Waals surface area contributed by atoms with Crippen molar-refractivity contribution >= 4 is 11.3 Å². The summed E-state index contributed by atoms with van der Waals surface area (Å²) in [6, 6.07) is 2.62. The van der Waals surface area contributed by atoms with Gasteiger partial charge in [-0.15, -0.1) is 11.3 Å². The Bertz CT molecular complexity index is 527. The van der Waals surface area contributed by atoms with Gasteiger partial charge in [0.15, 0.2) is 5.76 Å². The maximum Gasteiger partial charge on any atom is 0.171 e. The number of thiophene rings is 1. The Morgan fingerprint density at radius 3 is 3.18 bits per heavy atom. The highest BCUT2D eigenvalue weighted by molar-refractivity contribution is 7.10. The number of aromatic nitrogens is 1. The van der Waals surface area contributed by atoms with Crippen LogP contribution in [0.4, 0.5) is 0 Å². The highest BCUT2D eigenvalue weighted by atomic mass is 32.1. The highest BCUT2D eigenvalue weighted by Gasteiger charge is 2.24. The molecule has 0 fully saturated rings. The second kappa shape index (κ2) is 4.27. The van der Waals surface area contributed by atoms with E-state index >= 15 is 0 Å². The van der Waals surface area contributed by atoms with Gasteiger partial charge in [0.05, 0.1) is 0 Å². The average molecular weight is 248 g/mol. The molecule has 0 atom stereocenters. The van der Waals surface area contributed by atoms with Gasteiger partial charge >= 0.3 is 0 Å². The molecule has 17 heavy (non-hydrogen) atoms. The van der Waals surface area contributed by atoms with Crippen molar-refractivity contribution in [1.82, 2.24) is 10.5 Å². The summed E-state index contributed by atoms with van der Waals surface area (Å²) in [5.41, 5.74) is 3.62. The predicted molar refractivity (Wildman–Crippen MR) is 69.2 cm³/mol. The van der Waals surface area contributed by atoms with Crippen LogP contribution in [0.5, 0.6) is 0 Å². The molecule has 1 aliphatic carbocycles. The molecule has 0 unspecified atom stereocenters. The fourth-order valence-electron chi connectivity index (χ4n) is 2.23. The third-order valence-corrected chi connectivity index (χ3v) is 4.12. The Hall–Kier alpha value is -1.13. The van der Waals surface area contributed by atoms with Crippen LogP contribution in [-0.2, 0) is 19.4 Å². The van der Waals surface area contributed by atoms with E-state index in [-0.39, 0.29) is 0 Å². The summed E-state index contributed by atoms with van der Waals surface area (Å²) in [6.07, 6.45) is 2.18. The normalized spacial score (nSPS) is 13.8. The molecule has 0 radical (unpaired) electrons. The fourth-order valence-corrected chi connectivity index (χ4v) is 3.10. The Labute approximate surface area is 105 Å². The molecule has 0 amide bonds. The van der Waals surface area contributed by atoms with Crippen molar-refractivity contribution in [3.05, 3.63) is 27.6 Å². The third-order valence-electron chi connectivity index (χ3n) is 3.14. The Morgan fingerprint density at radius 1 is 1.47 bits per heavy atom. The minimum absolute atomic E-state index is 0.475. The van der Waals surface area contributed by atoms with Gasteiger partial charge in [0.1, 0.15) is 5.69 Å². The van der Waals surface area contributed by atoms with E-state index in [2.05, 4.69) is 35.8 Å². The summed E-state index contributed by atoms with van der Waals surface area (Å²) in [6.45, 7) is 5.09. The first-order chi connectivity index (χ1) is 8.25. The molecule has 2 aromatic heterocycles. The van der Waals surface area contributed by atoms with Gasteiger partial charge < -0.3 is 9.84 Å². The Balaban J connectivity index is 1.92. The highest BCUT2D eigenvalue weighted by Crippen LogP contribution is 2.37. The number of rotatable bonds is 3. The molecule has 90 valence electrons. The standard InChI is InChI=1S/C13H16N2OS/c1-8(2)14-7-11-9-3-4-12-10(5-6-17-12)13(9)16-15-11/h5-6,8,14H,3-4,7H2,1-2H3. The summed E-state index contributed by atoms with van der Waals surface area (Å²) in [7, 11) is 0.